The van der Waals surface area contributed by atoms with Gasteiger partial charge in [0.2, 0.25) is 0 Å². The van der Waals surface area contributed by atoms with E-state index in [1.807, 2.05) is 48.5 Å². The van der Waals surface area contributed by atoms with E-state index in [1.54, 1.807) is 19.1 Å². The molecule has 0 heterocycles. The molecule has 0 atom stereocenters. The van der Waals surface area contributed by atoms with Gasteiger partial charge < -0.3 is 14.8 Å². The molecule has 0 saturated heterocycles. The van der Waals surface area contributed by atoms with Crippen molar-refractivity contribution in [2.24, 2.45) is 0 Å². The molecule has 1 N–H and O–H groups in total. The predicted octanol–water partition coefficient (Wildman–Crippen LogP) is 4.99. The molecular formula is C25H24NO4S+. The van der Waals surface area contributed by atoms with Crippen molar-refractivity contribution < 1.29 is 19.1 Å². The summed E-state index contributed by atoms with van der Waals surface area (Å²) >= 11 is 0. The summed E-state index contributed by atoms with van der Waals surface area (Å²) in [6, 6.07) is 28.1. The van der Waals surface area contributed by atoms with Crippen LogP contribution in [0.1, 0.15) is 6.92 Å². The van der Waals surface area contributed by atoms with Gasteiger partial charge in [-0.25, -0.2) is 9.59 Å². The van der Waals surface area contributed by atoms with Gasteiger partial charge in [-0.2, -0.15) is 0 Å². The van der Waals surface area contributed by atoms with E-state index in [2.05, 4.69) is 36.2 Å². The number of benzene rings is 3. The van der Waals surface area contributed by atoms with Crippen LogP contribution in [0.4, 0.5) is 4.79 Å². The van der Waals surface area contributed by atoms with E-state index >= 15 is 0 Å². The van der Waals surface area contributed by atoms with E-state index < -0.39 is 12.1 Å². The van der Waals surface area contributed by atoms with Crippen LogP contribution < -0.4 is 10.1 Å². The molecule has 0 aliphatic carbocycles. The Morgan fingerprint density at radius 3 is 1.87 bits per heavy atom. The normalized spacial score (nSPS) is 10.4. The Labute approximate surface area is 185 Å². The molecule has 31 heavy (non-hydrogen) atoms. The molecule has 3 aromatic rings. The Morgan fingerprint density at radius 2 is 1.35 bits per heavy atom. The van der Waals surface area contributed by atoms with Crippen molar-refractivity contribution in [3.8, 4) is 5.75 Å². The zero-order chi connectivity index (χ0) is 22.1. The number of carbonyl (C=O) groups excluding carboxylic acids is 2. The number of carbonyl (C=O) groups is 2. The van der Waals surface area contributed by atoms with Gasteiger partial charge in [0.05, 0.1) is 17.4 Å². The van der Waals surface area contributed by atoms with Crippen molar-refractivity contribution in [2.45, 2.75) is 21.6 Å². The van der Waals surface area contributed by atoms with Crippen LogP contribution in [0, 0.1) is 0 Å². The summed E-state index contributed by atoms with van der Waals surface area (Å²) in [7, 11) is -0.262. The summed E-state index contributed by atoms with van der Waals surface area (Å²) in [6.45, 7) is 5.27. The molecule has 0 unspecified atom stereocenters. The first-order valence-electron chi connectivity index (χ1n) is 9.77. The minimum absolute atomic E-state index is 0.0523. The topological polar surface area (TPSA) is 64.6 Å². The largest absolute Gasteiger partial charge is 0.460 e. The Hall–Kier alpha value is -3.51. The number of amides is 1. The van der Waals surface area contributed by atoms with Gasteiger partial charge in [-0.3, -0.25) is 0 Å². The van der Waals surface area contributed by atoms with Crippen molar-refractivity contribution in [3.05, 3.63) is 97.1 Å². The highest BCUT2D eigenvalue weighted by Crippen LogP contribution is 2.31. The van der Waals surface area contributed by atoms with Crippen molar-refractivity contribution >= 4 is 23.0 Å². The van der Waals surface area contributed by atoms with E-state index in [1.165, 1.54) is 9.79 Å². The van der Waals surface area contributed by atoms with Crippen LogP contribution in [0.25, 0.3) is 0 Å². The minimum Gasteiger partial charge on any atom is -0.460 e. The zero-order valence-electron chi connectivity index (χ0n) is 17.2. The van der Waals surface area contributed by atoms with Crippen LogP contribution in [0.15, 0.2) is 112 Å². The molecule has 6 heteroatoms. The number of ether oxygens (including phenoxy) is 2. The average Bonchev–Trinajstić information content (AvgIpc) is 2.79. The summed E-state index contributed by atoms with van der Waals surface area (Å²) in [5.74, 6) is -0.0529. The van der Waals surface area contributed by atoms with E-state index in [9.17, 15) is 9.59 Å². The number of hydrogen-bond donors (Lipinski definition) is 1. The van der Waals surface area contributed by atoms with Crippen molar-refractivity contribution in [1.29, 1.82) is 0 Å². The van der Waals surface area contributed by atoms with Crippen LogP contribution in [0.5, 0.6) is 5.75 Å². The molecule has 0 saturated carbocycles. The number of esters is 1. The average molecular weight is 435 g/mol. The third-order valence-electron chi connectivity index (χ3n) is 4.18. The lowest BCUT2D eigenvalue weighted by molar-refractivity contribution is -0.138. The second kappa shape index (κ2) is 11.0. The van der Waals surface area contributed by atoms with Crippen molar-refractivity contribution in [3.63, 3.8) is 0 Å². The fourth-order valence-electron chi connectivity index (χ4n) is 2.73. The van der Waals surface area contributed by atoms with E-state index in [0.29, 0.717) is 11.3 Å². The van der Waals surface area contributed by atoms with Crippen LogP contribution in [-0.4, -0.2) is 25.2 Å². The summed E-state index contributed by atoms with van der Waals surface area (Å²) < 4.78 is 10.2. The first kappa shape index (κ1) is 22.2. The molecule has 0 aliphatic heterocycles. The van der Waals surface area contributed by atoms with Gasteiger partial charge in [0.1, 0.15) is 12.4 Å². The van der Waals surface area contributed by atoms with E-state index in [4.69, 9.17) is 9.47 Å². The van der Waals surface area contributed by atoms with E-state index in [0.717, 1.165) is 4.90 Å². The molecule has 1 amide bonds. The standard InChI is InChI=1S/C25H23NO4S/c1-19(2)24(27)29-18-17-26-25(28)30-20-13-15-23(16-14-20)31(21-9-5-3-6-10-21)22-11-7-4-8-12-22/h3-16H,1,17-18H2,2H3/p+1. The predicted molar refractivity (Wildman–Crippen MR) is 121 cm³/mol. The smallest absolute Gasteiger partial charge is 0.412 e. The van der Waals surface area contributed by atoms with Crippen LogP contribution in [0.2, 0.25) is 0 Å². The first-order chi connectivity index (χ1) is 15.0. The summed E-state index contributed by atoms with van der Waals surface area (Å²) in [5, 5.41) is 2.55. The fourth-order valence-corrected chi connectivity index (χ4v) is 4.81. The van der Waals surface area contributed by atoms with Crippen molar-refractivity contribution in [2.75, 3.05) is 13.2 Å². The Kier molecular flexibility index (Phi) is 7.90. The van der Waals surface area contributed by atoms with Gasteiger partial charge in [-0.1, -0.05) is 43.0 Å². The highest BCUT2D eigenvalue weighted by molar-refractivity contribution is 7.97. The van der Waals surface area contributed by atoms with Gasteiger partial charge in [-0.05, 0) is 55.5 Å². The van der Waals surface area contributed by atoms with Gasteiger partial charge >= 0.3 is 12.1 Å². The first-order valence-corrected chi connectivity index (χ1v) is 11.0. The molecule has 0 radical (unpaired) electrons. The highest BCUT2D eigenvalue weighted by atomic mass is 32.2. The Balaban J connectivity index is 1.63. The molecular weight excluding hydrogens is 410 g/mol. The maximum Gasteiger partial charge on any atom is 0.412 e. The highest BCUT2D eigenvalue weighted by Gasteiger charge is 2.28. The van der Waals surface area contributed by atoms with Gasteiger partial charge in [0.15, 0.2) is 14.7 Å². The quantitative estimate of drug-likeness (QED) is 0.235. The van der Waals surface area contributed by atoms with Crippen LogP contribution in [0.3, 0.4) is 0 Å². The molecule has 0 bridgehead atoms. The van der Waals surface area contributed by atoms with Crippen LogP contribution in [-0.2, 0) is 20.4 Å². The van der Waals surface area contributed by atoms with Crippen molar-refractivity contribution in [1.82, 2.24) is 5.32 Å². The summed E-state index contributed by atoms with van der Waals surface area (Å²) in [4.78, 5) is 26.8. The monoisotopic (exact) mass is 434 g/mol. The molecule has 3 aromatic carbocycles. The number of nitrogens with one attached hydrogen (secondary N) is 1. The molecule has 158 valence electrons. The molecule has 3 rings (SSSR count). The molecule has 0 fully saturated rings. The minimum atomic E-state index is -0.607. The van der Waals surface area contributed by atoms with Gasteiger partial charge in [0.25, 0.3) is 0 Å². The molecule has 0 aromatic heterocycles. The molecule has 0 aliphatic rings. The lowest BCUT2D eigenvalue weighted by Gasteiger charge is -2.09. The lowest BCUT2D eigenvalue weighted by atomic mass is 10.3. The maximum atomic E-state index is 12.0. The van der Waals surface area contributed by atoms with E-state index in [-0.39, 0.29) is 24.0 Å². The zero-order valence-corrected chi connectivity index (χ0v) is 18.1. The Bertz CT molecular complexity index is 981. The Morgan fingerprint density at radius 1 is 0.839 bits per heavy atom. The summed E-state index contributed by atoms with van der Waals surface area (Å²) in [5.41, 5.74) is 0.313. The molecule has 5 nitrogen and oxygen atoms in total. The lowest BCUT2D eigenvalue weighted by Crippen LogP contribution is -2.30. The number of rotatable bonds is 8. The van der Waals surface area contributed by atoms with Gasteiger partial charge in [-0.15, -0.1) is 0 Å². The SMILES string of the molecule is C=C(C)C(=O)OCCNC(=O)Oc1ccc([S+](c2ccccc2)c2ccccc2)cc1. The molecule has 0 spiro atoms. The third kappa shape index (κ3) is 6.49. The van der Waals surface area contributed by atoms with Gasteiger partial charge in [0, 0.05) is 5.57 Å². The fraction of sp³-hybridized carbons (Fsp3) is 0.120. The second-order valence-electron chi connectivity index (χ2n) is 6.64. The second-order valence-corrected chi connectivity index (χ2v) is 8.66. The van der Waals surface area contributed by atoms with Crippen LogP contribution >= 0.6 is 0 Å². The number of hydrogen-bond acceptors (Lipinski definition) is 4. The maximum absolute atomic E-state index is 12.0. The third-order valence-corrected chi connectivity index (χ3v) is 6.41. The summed E-state index contributed by atoms with van der Waals surface area (Å²) in [6.07, 6.45) is -0.607.